The Morgan fingerprint density at radius 3 is 2.40 bits per heavy atom. The summed E-state index contributed by atoms with van der Waals surface area (Å²) in [4.78, 5) is 20.9. The summed E-state index contributed by atoms with van der Waals surface area (Å²) in [5, 5.41) is 12.1. The summed E-state index contributed by atoms with van der Waals surface area (Å²) in [6.07, 6.45) is 4.90. The van der Waals surface area contributed by atoms with Gasteiger partial charge in [0, 0.05) is 11.6 Å². The third-order valence-electron chi connectivity index (χ3n) is 4.54. The minimum atomic E-state index is -0.624. The molecular weight excluding hydrogens is 312 g/mol. The van der Waals surface area contributed by atoms with Crippen LogP contribution in [0.2, 0.25) is 0 Å². The lowest BCUT2D eigenvalue weighted by molar-refractivity contribution is -0.126. The predicted octanol–water partition coefficient (Wildman–Crippen LogP) is 3.60. The number of rotatable bonds is 6. The van der Waals surface area contributed by atoms with Crippen molar-refractivity contribution in [1.82, 2.24) is 15.3 Å². The summed E-state index contributed by atoms with van der Waals surface area (Å²) >= 11 is 0. The van der Waals surface area contributed by atoms with Gasteiger partial charge in [0.25, 0.3) is 0 Å². The average Bonchev–Trinajstić information content (AvgIpc) is 2.65. The first kappa shape index (κ1) is 18.6. The van der Waals surface area contributed by atoms with E-state index in [1.807, 2.05) is 44.2 Å². The van der Waals surface area contributed by atoms with Crippen LogP contribution in [0.25, 0.3) is 11.3 Å². The van der Waals surface area contributed by atoms with Gasteiger partial charge in [0.05, 0.1) is 23.5 Å². The van der Waals surface area contributed by atoms with Gasteiger partial charge in [0.1, 0.15) is 6.07 Å². The highest BCUT2D eigenvalue weighted by atomic mass is 16.2. The lowest BCUT2D eigenvalue weighted by Gasteiger charge is -2.27. The zero-order valence-corrected chi connectivity index (χ0v) is 15.2. The third-order valence-corrected chi connectivity index (χ3v) is 4.54. The topological polar surface area (TPSA) is 78.7 Å². The first-order valence-corrected chi connectivity index (χ1v) is 8.56. The second kappa shape index (κ2) is 7.89. The van der Waals surface area contributed by atoms with Gasteiger partial charge in [-0.3, -0.25) is 9.78 Å². The molecule has 0 aliphatic heterocycles. The molecule has 0 saturated heterocycles. The summed E-state index contributed by atoms with van der Waals surface area (Å²) in [5.41, 5.74) is 2.10. The summed E-state index contributed by atoms with van der Waals surface area (Å²) < 4.78 is 0. The zero-order valence-electron chi connectivity index (χ0n) is 15.2. The Bertz CT molecular complexity index is 771. The van der Waals surface area contributed by atoms with Crippen molar-refractivity contribution in [3.63, 3.8) is 0 Å². The van der Waals surface area contributed by atoms with E-state index in [0.29, 0.717) is 5.69 Å². The van der Waals surface area contributed by atoms with Crippen LogP contribution in [0.1, 0.15) is 51.8 Å². The van der Waals surface area contributed by atoms with Crippen LogP contribution < -0.4 is 5.32 Å². The molecule has 1 heterocycles. The molecule has 0 saturated carbocycles. The van der Waals surface area contributed by atoms with E-state index in [0.717, 1.165) is 24.0 Å². The molecule has 1 aromatic carbocycles. The SMILES string of the molecule is CCC(CC)NC(=O)C(C)(C)c1ccc(-c2cncc(C#N)n2)cc1. The Balaban J connectivity index is 2.23. The summed E-state index contributed by atoms with van der Waals surface area (Å²) in [7, 11) is 0. The molecular formula is C20H24N4O. The van der Waals surface area contributed by atoms with Crippen LogP contribution in [0.5, 0.6) is 0 Å². The highest BCUT2D eigenvalue weighted by molar-refractivity contribution is 5.87. The molecule has 0 bridgehead atoms. The third kappa shape index (κ3) is 4.21. The van der Waals surface area contributed by atoms with Crippen molar-refractivity contribution < 1.29 is 4.79 Å². The van der Waals surface area contributed by atoms with Crippen LogP contribution in [0.4, 0.5) is 0 Å². The van der Waals surface area contributed by atoms with Crippen molar-refractivity contribution >= 4 is 5.91 Å². The number of hydrogen-bond acceptors (Lipinski definition) is 4. The Morgan fingerprint density at radius 1 is 1.20 bits per heavy atom. The van der Waals surface area contributed by atoms with Crippen molar-refractivity contribution in [2.75, 3.05) is 0 Å². The molecule has 0 unspecified atom stereocenters. The van der Waals surface area contributed by atoms with Gasteiger partial charge in [-0.15, -0.1) is 0 Å². The molecule has 130 valence electrons. The molecule has 0 spiro atoms. The van der Waals surface area contributed by atoms with Gasteiger partial charge < -0.3 is 5.32 Å². The predicted molar refractivity (Wildman–Crippen MR) is 97.7 cm³/mol. The van der Waals surface area contributed by atoms with E-state index < -0.39 is 5.41 Å². The molecule has 0 fully saturated rings. The van der Waals surface area contributed by atoms with E-state index in [1.54, 1.807) is 6.20 Å². The molecule has 1 amide bonds. The number of hydrogen-bond donors (Lipinski definition) is 1. The van der Waals surface area contributed by atoms with E-state index in [-0.39, 0.29) is 17.6 Å². The van der Waals surface area contributed by atoms with Gasteiger partial charge in [0.2, 0.25) is 5.91 Å². The van der Waals surface area contributed by atoms with Crippen molar-refractivity contribution in [2.45, 2.75) is 52.0 Å². The van der Waals surface area contributed by atoms with Crippen LogP contribution in [-0.2, 0) is 10.2 Å². The second-order valence-corrected chi connectivity index (χ2v) is 6.59. The standard InChI is InChI=1S/C20H24N4O/c1-5-16(6-2)24-19(25)20(3,4)15-9-7-14(8-10-15)18-13-22-12-17(11-21)23-18/h7-10,12-13,16H,5-6H2,1-4H3,(H,24,25). The lowest BCUT2D eigenvalue weighted by atomic mass is 9.83. The number of carbonyl (C=O) groups is 1. The monoisotopic (exact) mass is 336 g/mol. The van der Waals surface area contributed by atoms with Gasteiger partial charge in [-0.05, 0) is 32.3 Å². The van der Waals surface area contributed by atoms with Crippen LogP contribution in [0, 0.1) is 11.3 Å². The van der Waals surface area contributed by atoms with Crippen molar-refractivity contribution in [3.8, 4) is 17.3 Å². The number of amides is 1. The molecule has 2 aromatic rings. The van der Waals surface area contributed by atoms with E-state index in [1.165, 1.54) is 6.20 Å². The molecule has 1 N–H and O–H groups in total. The van der Waals surface area contributed by atoms with Crippen LogP contribution >= 0.6 is 0 Å². The number of nitrogens with zero attached hydrogens (tertiary/aromatic N) is 3. The Labute approximate surface area is 149 Å². The summed E-state index contributed by atoms with van der Waals surface area (Å²) in [6, 6.07) is 9.88. The van der Waals surface area contributed by atoms with Gasteiger partial charge >= 0.3 is 0 Å². The minimum absolute atomic E-state index is 0.0280. The summed E-state index contributed by atoms with van der Waals surface area (Å²) in [5.74, 6) is 0.0280. The molecule has 0 radical (unpaired) electrons. The zero-order chi connectivity index (χ0) is 18.4. The number of benzene rings is 1. The van der Waals surface area contributed by atoms with Crippen molar-refractivity contribution in [2.24, 2.45) is 0 Å². The average molecular weight is 336 g/mol. The second-order valence-electron chi connectivity index (χ2n) is 6.59. The Kier molecular flexibility index (Phi) is 5.87. The van der Waals surface area contributed by atoms with Crippen LogP contribution in [0.3, 0.4) is 0 Å². The summed E-state index contributed by atoms with van der Waals surface area (Å²) in [6.45, 7) is 8.00. The van der Waals surface area contributed by atoms with Crippen molar-refractivity contribution in [1.29, 1.82) is 5.26 Å². The maximum atomic E-state index is 12.7. The van der Waals surface area contributed by atoms with Crippen LogP contribution in [0.15, 0.2) is 36.7 Å². The fourth-order valence-electron chi connectivity index (χ4n) is 2.61. The Hall–Kier alpha value is -2.74. The maximum Gasteiger partial charge on any atom is 0.230 e. The molecule has 25 heavy (non-hydrogen) atoms. The molecule has 5 nitrogen and oxygen atoms in total. The molecule has 2 rings (SSSR count). The first-order chi connectivity index (χ1) is 11.9. The minimum Gasteiger partial charge on any atom is -0.353 e. The van der Waals surface area contributed by atoms with Crippen molar-refractivity contribution in [3.05, 3.63) is 47.9 Å². The van der Waals surface area contributed by atoms with Gasteiger partial charge in [-0.25, -0.2) is 4.98 Å². The number of carbonyl (C=O) groups excluding carboxylic acids is 1. The van der Waals surface area contributed by atoms with E-state index in [4.69, 9.17) is 5.26 Å². The number of nitrogens with one attached hydrogen (secondary N) is 1. The van der Waals surface area contributed by atoms with E-state index in [2.05, 4.69) is 29.1 Å². The van der Waals surface area contributed by atoms with Gasteiger partial charge in [-0.1, -0.05) is 38.1 Å². The molecule has 0 aliphatic rings. The van der Waals surface area contributed by atoms with Gasteiger partial charge in [-0.2, -0.15) is 5.26 Å². The smallest absolute Gasteiger partial charge is 0.230 e. The highest BCUT2D eigenvalue weighted by Gasteiger charge is 2.30. The molecule has 5 heteroatoms. The largest absolute Gasteiger partial charge is 0.353 e. The fraction of sp³-hybridized carbons (Fsp3) is 0.400. The first-order valence-electron chi connectivity index (χ1n) is 8.56. The quantitative estimate of drug-likeness (QED) is 0.874. The van der Waals surface area contributed by atoms with Gasteiger partial charge in [0.15, 0.2) is 5.69 Å². The molecule has 0 aliphatic carbocycles. The van der Waals surface area contributed by atoms with E-state index >= 15 is 0 Å². The number of nitriles is 1. The molecule has 0 atom stereocenters. The Morgan fingerprint density at radius 2 is 1.84 bits per heavy atom. The number of aromatic nitrogens is 2. The lowest BCUT2D eigenvalue weighted by Crippen LogP contribution is -2.44. The normalized spacial score (nSPS) is 11.2. The fourth-order valence-corrected chi connectivity index (χ4v) is 2.61. The van der Waals surface area contributed by atoms with E-state index in [9.17, 15) is 4.79 Å². The highest BCUT2D eigenvalue weighted by Crippen LogP contribution is 2.26. The molecule has 1 aromatic heterocycles. The maximum absolute atomic E-state index is 12.7. The van der Waals surface area contributed by atoms with Crippen LogP contribution in [-0.4, -0.2) is 21.9 Å².